The molecule has 214 valence electrons. The van der Waals surface area contributed by atoms with Crippen LogP contribution in [0.15, 0.2) is 0 Å². The summed E-state index contributed by atoms with van der Waals surface area (Å²) in [7, 11) is 0. The lowest BCUT2D eigenvalue weighted by atomic mass is 10.0. The molecule has 0 rings (SSSR count). The van der Waals surface area contributed by atoms with Gasteiger partial charge in [-0.1, -0.05) is 136 Å². The molecule has 1 atom stereocenters. The van der Waals surface area contributed by atoms with E-state index in [1.54, 1.807) is 0 Å². The summed E-state index contributed by atoms with van der Waals surface area (Å²) in [5.41, 5.74) is 0. The Balaban J connectivity index is 3.81. The summed E-state index contributed by atoms with van der Waals surface area (Å²) < 4.78 is 5.88. The highest BCUT2D eigenvalue weighted by Gasteiger charge is 2.14. The van der Waals surface area contributed by atoms with Crippen LogP contribution in [0.3, 0.4) is 0 Å². The Morgan fingerprint density at radius 1 is 0.500 bits per heavy atom. The lowest BCUT2D eigenvalue weighted by Crippen LogP contribution is -2.18. The minimum atomic E-state index is -0.711. The molecule has 0 bridgehead atoms. The minimum Gasteiger partial charge on any atom is -0.481 e. The topological polar surface area (TPSA) is 63.6 Å². The van der Waals surface area contributed by atoms with Crippen LogP contribution in [-0.2, 0) is 14.3 Å². The molecule has 4 nitrogen and oxygen atoms in total. The Morgan fingerprint density at radius 2 is 0.833 bits per heavy atom. The first kappa shape index (κ1) is 34.9. The molecule has 1 N–H and O–H groups in total. The van der Waals surface area contributed by atoms with Crippen LogP contribution >= 0.6 is 0 Å². The molecule has 0 aliphatic carbocycles. The molecular formula is C32H62O4. The van der Waals surface area contributed by atoms with Crippen molar-refractivity contribution in [3.63, 3.8) is 0 Å². The van der Waals surface area contributed by atoms with Gasteiger partial charge in [0, 0.05) is 12.8 Å². The molecule has 0 saturated carbocycles. The fourth-order valence-corrected chi connectivity index (χ4v) is 4.95. The Morgan fingerprint density at radius 3 is 1.22 bits per heavy atom. The number of hydrogen-bond acceptors (Lipinski definition) is 3. The van der Waals surface area contributed by atoms with Crippen molar-refractivity contribution in [3.05, 3.63) is 0 Å². The number of aliphatic carboxylic acids is 1. The van der Waals surface area contributed by atoms with Gasteiger partial charge in [0.05, 0.1) is 0 Å². The zero-order chi connectivity index (χ0) is 26.5. The van der Waals surface area contributed by atoms with Gasteiger partial charge in [0.15, 0.2) is 0 Å². The Bertz CT molecular complexity index is 477. The number of esters is 1. The first-order valence-electron chi connectivity index (χ1n) is 16.0. The molecule has 0 heterocycles. The first-order chi connectivity index (χ1) is 17.6. The van der Waals surface area contributed by atoms with Crippen LogP contribution in [0.2, 0.25) is 0 Å². The van der Waals surface area contributed by atoms with Gasteiger partial charge in [0.25, 0.3) is 0 Å². The third kappa shape index (κ3) is 27.5. The summed E-state index contributed by atoms with van der Waals surface area (Å²) in [5.74, 6) is -0.726. The molecule has 0 amide bonds. The predicted molar refractivity (Wildman–Crippen MR) is 154 cm³/mol. The van der Waals surface area contributed by atoms with Gasteiger partial charge < -0.3 is 9.84 Å². The van der Waals surface area contributed by atoms with Crippen LogP contribution < -0.4 is 0 Å². The molecule has 1 unspecified atom stereocenters. The maximum atomic E-state index is 12.4. The van der Waals surface area contributed by atoms with E-state index >= 15 is 0 Å². The van der Waals surface area contributed by atoms with Crippen molar-refractivity contribution in [1.82, 2.24) is 0 Å². The van der Waals surface area contributed by atoms with E-state index in [-0.39, 0.29) is 18.5 Å². The van der Waals surface area contributed by atoms with E-state index in [1.807, 2.05) is 0 Å². The van der Waals surface area contributed by atoms with Crippen molar-refractivity contribution >= 4 is 11.9 Å². The summed E-state index contributed by atoms with van der Waals surface area (Å²) >= 11 is 0. The molecule has 0 aliphatic rings. The van der Waals surface area contributed by atoms with Gasteiger partial charge in [-0.05, 0) is 38.5 Å². The molecule has 0 saturated heterocycles. The van der Waals surface area contributed by atoms with Crippen LogP contribution in [0.5, 0.6) is 0 Å². The predicted octanol–water partition coefficient (Wildman–Crippen LogP) is 10.6. The maximum absolute atomic E-state index is 12.4. The number of ether oxygens (including phenoxy) is 1. The second-order valence-electron chi connectivity index (χ2n) is 11.0. The van der Waals surface area contributed by atoms with Gasteiger partial charge in [0.2, 0.25) is 0 Å². The number of carboxylic acids is 1. The molecule has 0 aromatic heterocycles. The van der Waals surface area contributed by atoms with E-state index < -0.39 is 5.97 Å². The Labute approximate surface area is 224 Å². The molecular weight excluding hydrogens is 448 g/mol. The van der Waals surface area contributed by atoms with Crippen molar-refractivity contribution in [2.24, 2.45) is 0 Å². The monoisotopic (exact) mass is 510 g/mol. The van der Waals surface area contributed by atoms with Gasteiger partial charge in [-0.2, -0.15) is 0 Å². The summed E-state index contributed by atoms with van der Waals surface area (Å²) in [4.78, 5) is 23.1. The van der Waals surface area contributed by atoms with Crippen molar-refractivity contribution < 1.29 is 19.4 Å². The van der Waals surface area contributed by atoms with E-state index in [9.17, 15) is 9.59 Å². The van der Waals surface area contributed by atoms with Crippen LogP contribution in [0.25, 0.3) is 0 Å². The number of carboxylic acid groups (broad SMARTS) is 1. The highest BCUT2D eigenvalue weighted by Crippen LogP contribution is 2.18. The van der Waals surface area contributed by atoms with Gasteiger partial charge in [-0.3, -0.25) is 9.59 Å². The van der Waals surface area contributed by atoms with E-state index in [4.69, 9.17) is 9.84 Å². The van der Waals surface area contributed by atoms with Crippen molar-refractivity contribution in [2.75, 3.05) is 0 Å². The van der Waals surface area contributed by atoms with E-state index in [0.29, 0.717) is 6.42 Å². The molecule has 36 heavy (non-hydrogen) atoms. The molecule has 0 aliphatic heterocycles. The average Bonchev–Trinajstić information content (AvgIpc) is 2.85. The number of carbonyl (C=O) groups excluding carboxylic acids is 1. The minimum absolute atomic E-state index is 0.0154. The fraction of sp³-hybridized carbons (Fsp3) is 0.938. The Hall–Kier alpha value is -1.06. The summed E-state index contributed by atoms with van der Waals surface area (Å²) in [6, 6.07) is 0. The third-order valence-electron chi connectivity index (χ3n) is 7.33. The zero-order valence-corrected chi connectivity index (χ0v) is 24.3. The smallest absolute Gasteiger partial charge is 0.306 e. The van der Waals surface area contributed by atoms with Gasteiger partial charge in [0.1, 0.15) is 6.10 Å². The lowest BCUT2D eigenvalue weighted by Gasteiger charge is -2.18. The molecule has 0 aromatic carbocycles. The zero-order valence-electron chi connectivity index (χ0n) is 24.3. The average molecular weight is 511 g/mol. The second-order valence-corrected chi connectivity index (χ2v) is 11.0. The Kier molecular flexibility index (Phi) is 27.7. The highest BCUT2D eigenvalue weighted by atomic mass is 16.5. The van der Waals surface area contributed by atoms with E-state index in [2.05, 4.69) is 13.8 Å². The van der Waals surface area contributed by atoms with Crippen LogP contribution in [0.1, 0.15) is 187 Å². The standard InChI is InChI=1S/C32H62O4/c1-3-5-7-9-10-11-12-13-14-15-16-17-19-25-29-32(35)36-30(26-22-18-8-6-4-2)27-23-20-21-24-28-31(33)34/h30H,3-29H2,1-2H3,(H,33,34). The molecule has 0 radical (unpaired) electrons. The number of hydrogen-bond donors (Lipinski definition) is 1. The fourth-order valence-electron chi connectivity index (χ4n) is 4.95. The summed E-state index contributed by atoms with van der Waals surface area (Å²) in [5, 5.41) is 8.76. The van der Waals surface area contributed by atoms with E-state index in [0.717, 1.165) is 57.8 Å². The maximum Gasteiger partial charge on any atom is 0.306 e. The van der Waals surface area contributed by atoms with Gasteiger partial charge in [-0.25, -0.2) is 0 Å². The third-order valence-corrected chi connectivity index (χ3v) is 7.33. The van der Waals surface area contributed by atoms with Gasteiger partial charge in [-0.15, -0.1) is 0 Å². The van der Waals surface area contributed by atoms with Crippen molar-refractivity contribution in [1.29, 1.82) is 0 Å². The van der Waals surface area contributed by atoms with E-state index in [1.165, 1.54) is 103 Å². The number of carbonyl (C=O) groups is 2. The molecule has 0 fully saturated rings. The van der Waals surface area contributed by atoms with Crippen molar-refractivity contribution in [2.45, 2.75) is 193 Å². The largest absolute Gasteiger partial charge is 0.481 e. The van der Waals surface area contributed by atoms with Crippen molar-refractivity contribution in [3.8, 4) is 0 Å². The number of rotatable bonds is 29. The lowest BCUT2D eigenvalue weighted by molar-refractivity contribution is -0.150. The summed E-state index contributed by atoms with van der Waals surface area (Å²) in [6.07, 6.45) is 31.2. The normalized spacial score (nSPS) is 12.1. The SMILES string of the molecule is CCCCCCCCCCCCCCCCC(=O)OC(CCCCCCC)CCCCCCC(=O)O. The van der Waals surface area contributed by atoms with Crippen LogP contribution in [-0.4, -0.2) is 23.1 Å². The molecule has 4 heteroatoms. The molecule has 0 spiro atoms. The van der Waals surface area contributed by atoms with Gasteiger partial charge >= 0.3 is 11.9 Å². The first-order valence-corrected chi connectivity index (χ1v) is 16.0. The highest BCUT2D eigenvalue weighted by molar-refractivity contribution is 5.69. The van der Waals surface area contributed by atoms with Crippen LogP contribution in [0.4, 0.5) is 0 Å². The second kappa shape index (κ2) is 28.5. The molecule has 0 aromatic rings. The summed E-state index contributed by atoms with van der Waals surface area (Å²) in [6.45, 7) is 4.50. The number of unbranched alkanes of at least 4 members (excludes halogenated alkanes) is 20. The quantitative estimate of drug-likeness (QED) is 0.0802. The van der Waals surface area contributed by atoms with Crippen LogP contribution in [0, 0.1) is 0 Å².